The van der Waals surface area contributed by atoms with Crippen LogP contribution >= 0.6 is 0 Å². The molecule has 0 saturated carbocycles. The summed E-state index contributed by atoms with van der Waals surface area (Å²) in [4.78, 5) is 26.2. The Kier molecular flexibility index (Phi) is 6.14. The zero-order chi connectivity index (χ0) is 21.0. The molecule has 2 N–H and O–H groups in total. The predicted molar refractivity (Wildman–Crippen MR) is 103 cm³/mol. The van der Waals surface area contributed by atoms with E-state index in [-0.39, 0.29) is 19.8 Å². The molecule has 1 heterocycles. The van der Waals surface area contributed by atoms with Crippen LogP contribution in [0.4, 0.5) is 9.18 Å². The summed E-state index contributed by atoms with van der Waals surface area (Å²) in [6.07, 6.45) is -1.11. The van der Waals surface area contributed by atoms with Crippen molar-refractivity contribution in [3.8, 4) is 5.75 Å². The van der Waals surface area contributed by atoms with Gasteiger partial charge in [-0.2, -0.15) is 0 Å². The third-order valence-electron chi connectivity index (χ3n) is 4.84. The molecule has 0 spiro atoms. The zero-order valence-electron chi connectivity index (χ0n) is 16.2. The van der Waals surface area contributed by atoms with Gasteiger partial charge in [0.05, 0.1) is 33.0 Å². The first-order valence-electron chi connectivity index (χ1n) is 9.13. The number of rotatable bonds is 8. The SMILES string of the molecule is COc1cccc(C2(C)NC(=O)N(CC(O)COCc3ccccc3F)C2=O)c1. The molecule has 0 bridgehead atoms. The number of ether oxygens (including phenoxy) is 2. The maximum atomic E-state index is 13.6. The molecule has 154 valence electrons. The number of carbonyl (C=O) groups excluding carboxylic acids is 2. The monoisotopic (exact) mass is 402 g/mol. The molecule has 0 aromatic heterocycles. The topological polar surface area (TPSA) is 88.1 Å². The van der Waals surface area contributed by atoms with E-state index >= 15 is 0 Å². The summed E-state index contributed by atoms with van der Waals surface area (Å²) in [5.41, 5.74) is -0.331. The molecule has 1 fully saturated rings. The maximum Gasteiger partial charge on any atom is 0.325 e. The van der Waals surface area contributed by atoms with E-state index < -0.39 is 29.4 Å². The Morgan fingerprint density at radius 2 is 1.97 bits per heavy atom. The number of amides is 3. The predicted octanol–water partition coefficient (Wildman–Crippen LogP) is 2.18. The molecule has 8 heteroatoms. The fourth-order valence-corrected chi connectivity index (χ4v) is 3.18. The van der Waals surface area contributed by atoms with E-state index in [1.807, 2.05) is 0 Å². The molecule has 0 radical (unpaired) electrons. The van der Waals surface area contributed by atoms with Gasteiger partial charge in [0.2, 0.25) is 0 Å². The summed E-state index contributed by atoms with van der Waals surface area (Å²) >= 11 is 0. The second-order valence-electron chi connectivity index (χ2n) is 6.96. The lowest BCUT2D eigenvalue weighted by molar-refractivity contribution is -0.132. The van der Waals surface area contributed by atoms with Gasteiger partial charge >= 0.3 is 6.03 Å². The van der Waals surface area contributed by atoms with E-state index in [2.05, 4.69) is 5.32 Å². The van der Waals surface area contributed by atoms with Gasteiger partial charge in [0.25, 0.3) is 5.91 Å². The number of nitrogens with zero attached hydrogens (tertiary/aromatic N) is 1. The summed E-state index contributed by atoms with van der Waals surface area (Å²) in [7, 11) is 1.51. The van der Waals surface area contributed by atoms with Crippen molar-refractivity contribution < 1.29 is 28.6 Å². The Hall–Kier alpha value is -2.97. The van der Waals surface area contributed by atoms with Gasteiger partial charge in [0.1, 0.15) is 17.1 Å². The van der Waals surface area contributed by atoms with Crippen LogP contribution in [-0.2, 0) is 21.7 Å². The molecule has 2 atom stereocenters. The number of hydrogen-bond acceptors (Lipinski definition) is 5. The molecule has 2 aromatic rings. The average Bonchev–Trinajstić information content (AvgIpc) is 2.93. The van der Waals surface area contributed by atoms with Crippen LogP contribution in [0.15, 0.2) is 48.5 Å². The first-order valence-corrected chi connectivity index (χ1v) is 9.13. The lowest BCUT2D eigenvalue weighted by atomic mass is 9.92. The molecular weight excluding hydrogens is 379 g/mol. The lowest BCUT2D eigenvalue weighted by Crippen LogP contribution is -2.42. The average molecular weight is 402 g/mol. The first kappa shape index (κ1) is 20.8. The van der Waals surface area contributed by atoms with E-state index in [0.29, 0.717) is 16.9 Å². The molecule has 29 heavy (non-hydrogen) atoms. The van der Waals surface area contributed by atoms with Crippen LogP contribution in [0.1, 0.15) is 18.1 Å². The fourth-order valence-electron chi connectivity index (χ4n) is 3.18. The summed E-state index contributed by atoms with van der Waals surface area (Å²) in [5, 5.41) is 12.9. The minimum absolute atomic E-state index is 0.0224. The number of hydrogen-bond donors (Lipinski definition) is 2. The van der Waals surface area contributed by atoms with Crippen LogP contribution in [0, 0.1) is 5.82 Å². The first-order chi connectivity index (χ1) is 13.8. The summed E-state index contributed by atoms with van der Waals surface area (Å²) in [6, 6.07) is 12.4. The van der Waals surface area contributed by atoms with Crippen molar-refractivity contribution in [2.75, 3.05) is 20.3 Å². The normalized spacial score (nSPS) is 19.9. The second kappa shape index (κ2) is 8.59. The van der Waals surface area contributed by atoms with Gasteiger partial charge in [-0.1, -0.05) is 30.3 Å². The van der Waals surface area contributed by atoms with Crippen molar-refractivity contribution in [1.29, 1.82) is 0 Å². The molecule has 7 nitrogen and oxygen atoms in total. The highest BCUT2D eigenvalue weighted by Gasteiger charge is 2.49. The number of aliphatic hydroxyl groups is 1. The number of nitrogens with one attached hydrogen (secondary N) is 1. The van der Waals surface area contributed by atoms with Crippen molar-refractivity contribution in [2.45, 2.75) is 25.2 Å². The summed E-state index contributed by atoms with van der Waals surface area (Å²) in [5.74, 6) is -0.320. The lowest BCUT2D eigenvalue weighted by Gasteiger charge is -2.23. The van der Waals surface area contributed by atoms with Crippen LogP contribution in [0.25, 0.3) is 0 Å². The van der Waals surface area contributed by atoms with Crippen molar-refractivity contribution in [2.24, 2.45) is 0 Å². The van der Waals surface area contributed by atoms with Gasteiger partial charge in [-0.15, -0.1) is 0 Å². The van der Waals surface area contributed by atoms with Gasteiger partial charge in [-0.3, -0.25) is 9.69 Å². The van der Waals surface area contributed by atoms with Gasteiger partial charge in [-0.05, 0) is 30.7 Å². The summed E-state index contributed by atoms with van der Waals surface area (Å²) in [6.45, 7) is 1.19. The Morgan fingerprint density at radius 3 is 2.69 bits per heavy atom. The molecule has 1 saturated heterocycles. The van der Waals surface area contributed by atoms with Crippen molar-refractivity contribution in [1.82, 2.24) is 10.2 Å². The highest BCUT2D eigenvalue weighted by atomic mass is 19.1. The number of aliphatic hydroxyl groups excluding tert-OH is 1. The van der Waals surface area contributed by atoms with Crippen LogP contribution < -0.4 is 10.1 Å². The van der Waals surface area contributed by atoms with Gasteiger partial charge in [0.15, 0.2) is 0 Å². The maximum absolute atomic E-state index is 13.6. The third-order valence-corrected chi connectivity index (χ3v) is 4.84. The van der Waals surface area contributed by atoms with E-state index in [0.717, 1.165) is 4.90 Å². The van der Waals surface area contributed by atoms with Gasteiger partial charge in [0, 0.05) is 5.56 Å². The molecule has 0 aliphatic carbocycles. The van der Waals surface area contributed by atoms with Crippen molar-refractivity contribution in [3.05, 3.63) is 65.5 Å². The largest absolute Gasteiger partial charge is 0.497 e. The minimum Gasteiger partial charge on any atom is -0.497 e. The van der Waals surface area contributed by atoms with Gasteiger partial charge < -0.3 is 19.9 Å². The van der Waals surface area contributed by atoms with Crippen LogP contribution in [0.3, 0.4) is 0 Å². The number of urea groups is 1. The van der Waals surface area contributed by atoms with Crippen LogP contribution in [0.5, 0.6) is 5.75 Å². The molecule has 3 amide bonds. The van der Waals surface area contributed by atoms with Crippen LogP contribution in [0.2, 0.25) is 0 Å². The minimum atomic E-state index is -1.26. The summed E-state index contributed by atoms with van der Waals surface area (Å²) < 4.78 is 24.1. The number of carbonyl (C=O) groups is 2. The molecular formula is C21H23FN2O5. The number of halogens is 1. The molecule has 2 unspecified atom stereocenters. The third kappa shape index (κ3) is 4.38. The number of imide groups is 1. The quantitative estimate of drug-likeness (QED) is 0.661. The smallest absolute Gasteiger partial charge is 0.325 e. The zero-order valence-corrected chi connectivity index (χ0v) is 16.2. The molecule has 1 aliphatic heterocycles. The van der Waals surface area contributed by atoms with Crippen molar-refractivity contribution in [3.63, 3.8) is 0 Å². The highest BCUT2D eigenvalue weighted by molar-refractivity contribution is 6.07. The van der Waals surface area contributed by atoms with Crippen LogP contribution in [-0.4, -0.2) is 48.3 Å². The van der Waals surface area contributed by atoms with E-state index in [4.69, 9.17) is 9.47 Å². The Bertz CT molecular complexity index is 906. The Morgan fingerprint density at radius 1 is 1.21 bits per heavy atom. The number of methoxy groups -OCH3 is 1. The Labute approximate surface area is 168 Å². The highest BCUT2D eigenvalue weighted by Crippen LogP contribution is 2.30. The van der Waals surface area contributed by atoms with Gasteiger partial charge in [-0.25, -0.2) is 9.18 Å². The van der Waals surface area contributed by atoms with Crippen molar-refractivity contribution >= 4 is 11.9 Å². The number of β-amino-alcohol motifs (C(OH)–C–C–N with tert-alkyl or cyclic N) is 1. The second-order valence-corrected chi connectivity index (χ2v) is 6.96. The standard InChI is InChI=1S/C21H23FN2O5/c1-21(15-7-5-8-17(10-15)28-2)19(26)24(20(27)23-21)11-16(25)13-29-12-14-6-3-4-9-18(14)22/h3-10,16,25H,11-13H2,1-2H3,(H,23,27). The Balaban J connectivity index is 1.61. The van der Waals surface area contributed by atoms with E-state index in [1.165, 1.54) is 13.2 Å². The van der Waals surface area contributed by atoms with E-state index in [1.54, 1.807) is 49.4 Å². The molecule has 1 aliphatic rings. The molecule has 3 rings (SSSR count). The molecule has 2 aromatic carbocycles. The fraction of sp³-hybridized carbons (Fsp3) is 0.333. The number of benzene rings is 2. The van der Waals surface area contributed by atoms with E-state index in [9.17, 15) is 19.1 Å².